The minimum Gasteiger partial charge on any atom is -0.493 e. The molecule has 0 saturated carbocycles. The maximum Gasteiger partial charge on any atom is 0.231 e. The number of ether oxygens (including phenoxy) is 4. The van der Waals surface area contributed by atoms with E-state index in [9.17, 15) is 0 Å². The summed E-state index contributed by atoms with van der Waals surface area (Å²) in [6.07, 6.45) is -0.0363. The second-order valence-electron chi connectivity index (χ2n) is 5.32. The van der Waals surface area contributed by atoms with Crippen LogP contribution in [0.5, 0.6) is 23.0 Å². The quantitative estimate of drug-likeness (QED) is 0.843. The largest absolute Gasteiger partial charge is 0.493 e. The summed E-state index contributed by atoms with van der Waals surface area (Å²) >= 11 is 0. The third kappa shape index (κ3) is 1.82. The molecule has 0 bridgehead atoms. The molecule has 0 amide bonds. The summed E-state index contributed by atoms with van der Waals surface area (Å²) in [5, 5.41) is 0. The molecule has 0 spiro atoms. The van der Waals surface area contributed by atoms with Crippen molar-refractivity contribution in [1.82, 2.24) is 0 Å². The molecule has 4 heteroatoms. The second-order valence-corrected chi connectivity index (χ2v) is 5.32. The molecule has 2 aromatic rings. The molecule has 0 saturated heterocycles. The highest BCUT2D eigenvalue weighted by molar-refractivity contribution is 5.53. The lowest BCUT2D eigenvalue weighted by Crippen LogP contribution is -2.07. The van der Waals surface area contributed by atoms with Crippen molar-refractivity contribution in [2.45, 2.75) is 18.9 Å². The van der Waals surface area contributed by atoms with Gasteiger partial charge in [-0.1, -0.05) is 25.1 Å². The van der Waals surface area contributed by atoms with Gasteiger partial charge in [-0.2, -0.15) is 0 Å². The van der Waals surface area contributed by atoms with Crippen molar-refractivity contribution in [2.24, 2.45) is 0 Å². The molecule has 0 aromatic heterocycles. The van der Waals surface area contributed by atoms with Gasteiger partial charge in [-0.15, -0.1) is 0 Å². The minimum absolute atomic E-state index is 0.0363. The lowest BCUT2D eigenvalue weighted by molar-refractivity contribution is 0.173. The molecule has 4 rings (SSSR count). The molecular weight excluding hydrogens is 268 g/mol. The zero-order valence-electron chi connectivity index (χ0n) is 12.0. The Bertz CT molecular complexity index is 695. The summed E-state index contributed by atoms with van der Waals surface area (Å²) in [4.78, 5) is 0. The Morgan fingerprint density at radius 3 is 2.81 bits per heavy atom. The smallest absolute Gasteiger partial charge is 0.231 e. The van der Waals surface area contributed by atoms with Gasteiger partial charge in [0.1, 0.15) is 6.10 Å². The molecule has 0 unspecified atom stereocenters. The van der Waals surface area contributed by atoms with Gasteiger partial charge in [-0.3, -0.25) is 0 Å². The van der Waals surface area contributed by atoms with Crippen molar-refractivity contribution in [3.8, 4) is 23.0 Å². The van der Waals surface area contributed by atoms with Crippen LogP contribution in [0.3, 0.4) is 0 Å². The van der Waals surface area contributed by atoms with E-state index in [1.165, 1.54) is 5.56 Å². The van der Waals surface area contributed by atoms with Gasteiger partial charge >= 0.3 is 0 Å². The Morgan fingerprint density at radius 2 is 1.95 bits per heavy atom. The van der Waals surface area contributed by atoms with Crippen molar-refractivity contribution in [3.05, 3.63) is 47.5 Å². The van der Waals surface area contributed by atoms with E-state index in [1.54, 1.807) is 7.11 Å². The van der Waals surface area contributed by atoms with Gasteiger partial charge < -0.3 is 18.9 Å². The van der Waals surface area contributed by atoms with Crippen molar-refractivity contribution < 1.29 is 18.9 Å². The number of rotatable bonds is 2. The summed E-state index contributed by atoms with van der Waals surface area (Å²) in [5.41, 5.74) is 2.27. The van der Waals surface area contributed by atoms with Gasteiger partial charge in [0, 0.05) is 11.5 Å². The van der Waals surface area contributed by atoms with E-state index >= 15 is 0 Å². The minimum atomic E-state index is -0.0363. The first-order valence-electron chi connectivity index (χ1n) is 7.01. The van der Waals surface area contributed by atoms with E-state index in [2.05, 4.69) is 13.0 Å². The van der Waals surface area contributed by atoms with E-state index in [0.717, 1.165) is 28.6 Å². The van der Waals surface area contributed by atoms with Crippen LogP contribution in [-0.4, -0.2) is 13.9 Å². The Kier molecular flexibility index (Phi) is 2.70. The lowest BCUT2D eigenvalue weighted by Gasteiger charge is -2.16. The van der Waals surface area contributed by atoms with Crippen LogP contribution in [0.4, 0.5) is 0 Å². The summed E-state index contributed by atoms with van der Waals surface area (Å²) < 4.78 is 22.4. The topological polar surface area (TPSA) is 36.9 Å². The number of methoxy groups -OCH3 is 1. The van der Waals surface area contributed by atoms with Gasteiger partial charge in [0.05, 0.1) is 7.11 Å². The third-order valence-corrected chi connectivity index (χ3v) is 4.14. The second kappa shape index (κ2) is 4.58. The summed E-state index contributed by atoms with van der Waals surface area (Å²) in [7, 11) is 1.66. The molecular formula is C17H16O4. The lowest BCUT2D eigenvalue weighted by atomic mass is 9.92. The van der Waals surface area contributed by atoms with Gasteiger partial charge in [0.15, 0.2) is 23.0 Å². The van der Waals surface area contributed by atoms with E-state index in [-0.39, 0.29) is 18.8 Å². The first kappa shape index (κ1) is 12.4. The van der Waals surface area contributed by atoms with Crippen LogP contribution in [0, 0.1) is 0 Å². The van der Waals surface area contributed by atoms with Crippen molar-refractivity contribution in [1.29, 1.82) is 0 Å². The zero-order valence-corrected chi connectivity index (χ0v) is 12.0. The highest BCUT2D eigenvalue weighted by atomic mass is 16.7. The molecule has 0 radical (unpaired) electrons. The van der Waals surface area contributed by atoms with Crippen LogP contribution in [0.2, 0.25) is 0 Å². The van der Waals surface area contributed by atoms with Crippen molar-refractivity contribution >= 4 is 0 Å². The highest BCUT2D eigenvalue weighted by Gasteiger charge is 2.35. The van der Waals surface area contributed by atoms with Gasteiger partial charge in [0.25, 0.3) is 0 Å². The Morgan fingerprint density at radius 1 is 1.10 bits per heavy atom. The normalized spacial score (nSPS) is 21.8. The van der Waals surface area contributed by atoms with Gasteiger partial charge in [-0.25, -0.2) is 0 Å². The zero-order chi connectivity index (χ0) is 14.4. The van der Waals surface area contributed by atoms with Crippen LogP contribution < -0.4 is 18.9 Å². The number of hydrogen-bond acceptors (Lipinski definition) is 4. The molecule has 2 aliphatic rings. The predicted octanol–water partition coefficient (Wildman–Crippen LogP) is 3.66. The summed E-state index contributed by atoms with van der Waals surface area (Å²) in [5.74, 6) is 3.46. The average molecular weight is 284 g/mol. The molecule has 21 heavy (non-hydrogen) atoms. The molecule has 2 aliphatic heterocycles. The molecule has 2 aromatic carbocycles. The van der Waals surface area contributed by atoms with Crippen molar-refractivity contribution in [2.75, 3.05) is 13.9 Å². The van der Waals surface area contributed by atoms with Crippen LogP contribution in [0.1, 0.15) is 30.1 Å². The number of benzene rings is 2. The highest BCUT2D eigenvalue weighted by Crippen LogP contribution is 2.50. The monoisotopic (exact) mass is 284 g/mol. The average Bonchev–Trinajstić information content (AvgIpc) is 3.11. The van der Waals surface area contributed by atoms with E-state index in [4.69, 9.17) is 18.9 Å². The van der Waals surface area contributed by atoms with Crippen molar-refractivity contribution in [3.63, 3.8) is 0 Å². The Balaban J connectivity index is 1.72. The van der Waals surface area contributed by atoms with E-state index in [1.807, 2.05) is 30.3 Å². The third-order valence-electron chi connectivity index (χ3n) is 4.14. The first-order chi connectivity index (χ1) is 10.3. The molecule has 2 heterocycles. The van der Waals surface area contributed by atoms with E-state index < -0.39 is 0 Å². The maximum atomic E-state index is 6.17. The number of para-hydroxylation sites is 1. The number of fused-ring (bicyclic) bond motifs is 2. The molecule has 0 aliphatic carbocycles. The fourth-order valence-electron chi connectivity index (χ4n) is 3.02. The standard InChI is InChI=1S/C17H16O4/c1-10-12-4-3-5-14(18-2)17(12)21-16(10)11-6-7-13-15(8-11)20-9-19-13/h3-8,10,16H,9H2,1-2H3/t10-,16+/m1/s1. The number of hydrogen-bond donors (Lipinski definition) is 0. The predicted molar refractivity (Wildman–Crippen MR) is 77.3 cm³/mol. The van der Waals surface area contributed by atoms with Crippen LogP contribution in [0.25, 0.3) is 0 Å². The van der Waals surface area contributed by atoms with Gasteiger partial charge in [-0.05, 0) is 23.8 Å². The fraction of sp³-hybridized carbons (Fsp3) is 0.294. The molecule has 108 valence electrons. The Labute approximate surface area is 123 Å². The van der Waals surface area contributed by atoms with Gasteiger partial charge in [0.2, 0.25) is 6.79 Å². The summed E-state index contributed by atoms with van der Waals surface area (Å²) in [6, 6.07) is 12.0. The first-order valence-corrected chi connectivity index (χ1v) is 7.01. The van der Waals surface area contributed by atoms with E-state index in [0.29, 0.717) is 0 Å². The fourth-order valence-corrected chi connectivity index (χ4v) is 3.02. The molecule has 2 atom stereocenters. The van der Waals surface area contributed by atoms with Crippen LogP contribution in [-0.2, 0) is 0 Å². The molecule has 4 nitrogen and oxygen atoms in total. The van der Waals surface area contributed by atoms with Crippen LogP contribution in [0.15, 0.2) is 36.4 Å². The summed E-state index contributed by atoms with van der Waals surface area (Å²) in [6.45, 7) is 2.45. The van der Waals surface area contributed by atoms with Crippen LogP contribution >= 0.6 is 0 Å². The maximum absolute atomic E-state index is 6.17. The Hall–Kier alpha value is -2.36. The molecule has 0 N–H and O–H groups in total. The SMILES string of the molecule is COc1cccc2c1O[C@H](c1ccc3c(c1)OCO3)[C@@H]2C. The molecule has 0 fully saturated rings.